The molecule has 0 saturated carbocycles. The van der Waals surface area contributed by atoms with Crippen LogP contribution in [0.15, 0.2) is 65.8 Å². The zero-order valence-corrected chi connectivity index (χ0v) is 17.9. The van der Waals surface area contributed by atoms with Crippen LogP contribution in [0.25, 0.3) is 5.69 Å². The van der Waals surface area contributed by atoms with Crippen LogP contribution in [0.1, 0.15) is 5.69 Å². The third-order valence-corrected chi connectivity index (χ3v) is 5.42. The first-order chi connectivity index (χ1) is 15.2. The lowest BCUT2D eigenvalue weighted by molar-refractivity contribution is 0.369. The third kappa shape index (κ3) is 4.74. The van der Waals surface area contributed by atoms with Gasteiger partial charge in [0, 0.05) is 39.4 Å². The van der Waals surface area contributed by atoms with Crippen molar-refractivity contribution in [2.24, 2.45) is 4.99 Å². The molecule has 2 heterocycles. The number of piperazine rings is 1. The number of methoxy groups -OCH3 is 1. The van der Waals surface area contributed by atoms with E-state index < -0.39 is 0 Å². The summed E-state index contributed by atoms with van der Waals surface area (Å²) >= 11 is 0. The number of para-hydroxylation sites is 2. The molecule has 1 fully saturated rings. The van der Waals surface area contributed by atoms with Crippen molar-refractivity contribution in [1.29, 1.82) is 0 Å². The number of benzene rings is 2. The predicted octanol–water partition coefficient (Wildman–Crippen LogP) is 2.48. The van der Waals surface area contributed by atoms with Crippen LogP contribution in [-0.4, -0.2) is 66.1 Å². The van der Waals surface area contributed by atoms with Crippen LogP contribution in [0.2, 0.25) is 0 Å². The van der Waals surface area contributed by atoms with Gasteiger partial charge in [0.05, 0.1) is 30.7 Å². The average molecular weight is 421 g/mol. The minimum Gasteiger partial charge on any atom is -0.506 e. The SMILES string of the molecule is CN=C(NCc1ccn(-c2ccc(OC)cc2)n1)N1CCN(c2ccccc2O)CC1. The Labute approximate surface area is 182 Å². The lowest BCUT2D eigenvalue weighted by atomic mass is 10.2. The molecule has 4 rings (SSSR count). The molecule has 0 spiro atoms. The smallest absolute Gasteiger partial charge is 0.194 e. The van der Waals surface area contributed by atoms with Crippen molar-refractivity contribution in [3.8, 4) is 17.2 Å². The fourth-order valence-corrected chi connectivity index (χ4v) is 3.73. The number of rotatable bonds is 5. The molecule has 3 aromatic rings. The van der Waals surface area contributed by atoms with Gasteiger partial charge in [-0.2, -0.15) is 5.10 Å². The summed E-state index contributed by atoms with van der Waals surface area (Å²) in [5, 5.41) is 18.2. The van der Waals surface area contributed by atoms with Crippen LogP contribution in [0.4, 0.5) is 5.69 Å². The summed E-state index contributed by atoms with van der Waals surface area (Å²) < 4.78 is 7.06. The minimum absolute atomic E-state index is 0.325. The monoisotopic (exact) mass is 420 g/mol. The molecule has 162 valence electrons. The Bertz CT molecular complexity index is 1020. The Balaban J connectivity index is 1.32. The Kier molecular flexibility index (Phi) is 6.26. The van der Waals surface area contributed by atoms with Crippen molar-refractivity contribution >= 4 is 11.6 Å². The van der Waals surface area contributed by atoms with Gasteiger partial charge in [0.2, 0.25) is 0 Å². The van der Waals surface area contributed by atoms with Gasteiger partial charge in [-0.15, -0.1) is 0 Å². The van der Waals surface area contributed by atoms with Gasteiger partial charge >= 0.3 is 0 Å². The van der Waals surface area contributed by atoms with E-state index >= 15 is 0 Å². The van der Waals surface area contributed by atoms with Gasteiger partial charge in [0.15, 0.2) is 5.96 Å². The molecule has 0 bridgehead atoms. The number of hydrogen-bond acceptors (Lipinski definition) is 5. The van der Waals surface area contributed by atoms with Crippen LogP contribution in [-0.2, 0) is 6.54 Å². The maximum Gasteiger partial charge on any atom is 0.194 e. The zero-order valence-electron chi connectivity index (χ0n) is 17.9. The molecule has 1 aliphatic rings. The quantitative estimate of drug-likeness (QED) is 0.488. The van der Waals surface area contributed by atoms with E-state index in [1.54, 1.807) is 20.2 Å². The second-order valence-electron chi connectivity index (χ2n) is 7.31. The highest BCUT2D eigenvalue weighted by atomic mass is 16.5. The molecule has 2 aromatic carbocycles. The Morgan fingerprint density at radius 3 is 2.48 bits per heavy atom. The number of nitrogens with one attached hydrogen (secondary N) is 1. The Hall–Kier alpha value is -3.68. The first-order valence-corrected chi connectivity index (χ1v) is 10.4. The first kappa shape index (κ1) is 20.6. The van der Waals surface area contributed by atoms with Gasteiger partial charge in [-0.1, -0.05) is 12.1 Å². The highest BCUT2D eigenvalue weighted by Crippen LogP contribution is 2.27. The Morgan fingerprint density at radius 2 is 1.81 bits per heavy atom. The molecular weight excluding hydrogens is 392 g/mol. The summed E-state index contributed by atoms with van der Waals surface area (Å²) in [7, 11) is 3.46. The summed E-state index contributed by atoms with van der Waals surface area (Å²) in [6.07, 6.45) is 1.95. The Morgan fingerprint density at radius 1 is 1.06 bits per heavy atom. The lowest BCUT2D eigenvalue weighted by Gasteiger charge is -2.37. The van der Waals surface area contributed by atoms with Gasteiger partial charge in [0.1, 0.15) is 11.5 Å². The number of phenols is 1. The van der Waals surface area contributed by atoms with E-state index in [9.17, 15) is 5.11 Å². The molecule has 8 nitrogen and oxygen atoms in total. The number of ether oxygens (including phenoxy) is 1. The fraction of sp³-hybridized carbons (Fsp3) is 0.304. The molecule has 31 heavy (non-hydrogen) atoms. The summed E-state index contributed by atoms with van der Waals surface area (Å²) in [6, 6.07) is 17.3. The molecule has 2 N–H and O–H groups in total. The highest BCUT2D eigenvalue weighted by Gasteiger charge is 2.21. The van der Waals surface area contributed by atoms with Crippen molar-refractivity contribution in [1.82, 2.24) is 20.0 Å². The van der Waals surface area contributed by atoms with E-state index in [-0.39, 0.29) is 0 Å². The normalized spacial score (nSPS) is 14.6. The van der Waals surface area contributed by atoms with Crippen molar-refractivity contribution in [2.45, 2.75) is 6.54 Å². The zero-order chi connectivity index (χ0) is 21.6. The number of guanidine groups is 1. The number of aliphatic imine (C=N–C) groups is 1. The number of phenolic OH excluding ortho intramolecular Hbond substituents is 1. The van der Waals surface area contributed by atoms with Crippen LogP contribution >= 0.6 is 0 Å². The van der Waals surface area contributed by atoms with Crippen molar-refractivity contribution in [2.75, 3.05) is 45.2 Å². The van der Waals surface area contributed by atoms with Gasteiger partial charge in [-0.25, -0.2) is 4.68 Å². The molecular formula is C23H28N6O2. The molecule has 0 aliphatic carbocycles. The van der Waals surface area contributed by atoms with E-state index in [2.05, 4.69) is 25.2 Å². The molecule has 1 aromatic heterocycles. The number of hydrogen-bond donors (Lipinski definition) is 2. The van der Waals surface area contributed by atoms with Crippen LogP contribution in [0.5, 0.6) is 11.5 Å². The van der Waals surface area contributed by atoms with Crippen molar-refractivity contribution in [3.63, 3.8) is 0 Å². The second-order valence-corrected chi connectivity index (χ2v) is 7.31. The number of aromatic nitrogens is 2. The largest absolute Gasteiger partial charge is 0.506 e. The fourth-order valence-electron chi connectivity index (χ4n) is 3.73. The van der Waals surface area contributed by atoms with E-state index in [0.29, 0.717) is 12.3 Å². The molecule has 0 amide bonds. The highest BCUT2D eigenvalue weighted by molar-refractivity contribution is 5.80. The molecule has 1 aliphatic heterocycles. The van der Waals surface area contributed by atoms with E-state index in [1.165, 1.54) is 0 Å². The van der Waals surface area contributed by atoms with E-state index in [0.717, 1.165) is 55.0 Å². The third-order valence-electron chi connectivity index (χ3n) is 5.42. The number of anilines is 1. The predicted molar refractivity (Wildman–Crippen MR) is 122 cm³/mol. The molecule has 0 atom stereocenters. The second kappa shape index (κ2) is 9.42. The van der Waals surface area contributed by atoms with Gasteiger partial charge in [-0.3, -0.25) is 4.99 Å². The lowest BCUT2D eigenvalue weighted by Crippen LogP contribution is -2.52. The summed E-state index contributed by atoms with van der Waals surface area (Å²) in [5.41, 5.74) is 2.80. The van der Waals surface area contributed by atoms with E-state index in [1.807, 2.05) is 59.4 Å². The van der Waals surface area contributed by atoms with Crippen molar-refractivity contribution in [3.05, 3.63) is 66.5 Å². The summed E-state index contributed by atoms with van der Waals surface area (Å²) in [4.78, 5) is 8.88. The van der Waals surface area contributed by atoms with Crippen LogP contribution < -0.4 is 15.0 Å². The van der Waals surface area contributed by atoms with Gasteiger partial charge in [0.25, 0.3) is 0 Å². The topological polar surface area (TPSA) is 78.2 Å². The summed E-state index contributed by atoms with van der Waals surface area (Å²) in [5.74, 6) is 2.01. The average Bonchev–Trinajstić information content (AvgIpc) is 3.29. The maximum atomic E-state index is 10.1. The molecule has 8 heteroatoms. The van der Waals surface area contributed by atoms with Gasteiger partial charge in [-0.05, 0) is 42.5 Å². The first-order valence-electron chi connectivity index (χ1n) is 10.4. The molecule has 0 unspecified atom stereocenters. The van der Waals surface area contributed by atoms with Crippen molar-refractivity contribution < 1.29 is 9.84 Å². The molecule has 1 saturated heterocycles. The van der Waals surface area contributed by atoms with Crippen LogP contribution in [0.3, 0.4) is 0 Å². The maximum absolute atomic E-state index is 10.1. The van der Waals surface area contributed by atoms with E-state index in [4.69, 9.17) is 4.74 Å². The summed E-state index contributed by atoms with van der Waals surface area (Å²) in [6.45, 7) is 3.90. The molecule has 0 radical (unpaired) electrons. The van der Waals surface area contributed by atoms with Gasteiger partial charge < -0.3 is 25.0 Å². The minimum atomic E-state index is 0.325. The van der Waals surface area contributed by atoms with Crippen LogP contribution in [0, 0.1) is 0 Å². The number of nitrogens with zero attached hydrogens (tertiary/aromatic N) is 5. The number of aromatic hydroxyl groups is 1. The standard InChI is InChI=1S/C23H28N6O2/c1-24-23(28-15-13-27(14-16-28)21-5-3-4-6-22(21)30)25-17-18-11-12-29(26-18)19-7-9-20(31-2)10-8-19/h3-12,30H,13-17H2,1-2H3,(H,24,25).